The summed E-state index contributed by atoms with van der Waals surface area (Å²) in [6.45, 7) is 3.75. The molecule has 1 aliphatic rings. The number of amides is 1. The van der Waals surface area contributed by atoms with E-state index >= 15 is 0 Å². The molecular weight excluding hydrogens is 437 g/mol. The Labute approximate surface area is 160 Å². The van der Waals surface area contributed by atoms with Gasteiger partial charge in [-0.05, 0) is 66.0 Å². The fraction of sp³-hybridized carbons (Fsp3) is 0.278. The maximum Gasteiger partial charge on any atom is 0.255 e. The Kier molecular flexibility index (Phi) is 5.63. The molecule has 1 fully saturated rings. The number of carbonyl (C=O) groups is 1. The molecule has 0 saturated carbocycles. The van der Waals surface area contributed by atoms with Crippen molar-refractivity contribution in [1.29, 1.82) is 0 Å². The van der Waals surface area contributed by atoms with E-state index in [2.05, 4.69) is 44.8 Å². The third-order valence-corrected chi connectivity index (χ3v) is 5.19. The lowest BCUT2D eigenvalue weighted by Gasteiger charge is -2.35. The molecule has 3 rings (SSSR count). The van der Waals surface area contributed by atoms with Crippen molar-refractivity contribution >= 4 is 51.5 Å². The molecule has 6 heteroatoms. The second-order valence-electron chi connectivity index (χ2n) is 5.89. The number of para-hydroxylation sites is 1. The first kappa shape index (κ1) is 17.5. The molecule has 0 bridgehead atoms. The fourth-order valence-electron chi connectivity index (χ4n) is 2.76. The highest BCUT2D eigenvalue weighted by molar-refractivity contribution is 14.1. The van der Waals surface area contributed by atoms with Gasteiger partial charge in [-0.2, -0.15) is 0 Å². The molecule has 1 amide bonds. The van der Waals surface area contributed by atoms with Crippen molar-refractivity contribution in [2.75, 3.05) is 43.4 Å². The predicted octanol–water partition coefficient (Wildman–Crippen LogP) is 3.95. The van der Waals surface area contributed by atoms with Crippen molar-refractivity contribution in [1.82, 2.24) is 4.90 Å². The second-order valence-corrected chi connectivity index (χ2v) is 7.54. The third-order valence-electron chi connectivity index (χ3n) is 4.16. The van der Waals surface area contributed by atoms with E-state index < -0.39 is 0 Å². The minimum atomic E-state index is -0.121. The zero-order chi connectivity index (χ0) is 17.1. The molecule has 1 aliphatic heterocycles. The largest absolute Gasteiger partial charge is 0.366 e. The minimum Gasteiger partial charge on any atom is -0.366 e. The molecule has 0 spiro atoms. The van der Waals surface area contributed by atoms with Gasteiger partial charge < -0.3 is 15.1 Å². The Balaban J connectivity index is 1.84. The van der Waals surface area contributed by atoms with Crippen LogP contribution in [-0.2, 0) is 0 Å². The van der Waals surface area contributed by atoms with E-state index in [0.717, 1.165) is 41.1 Å². The summed E-state index contributed by atoms with van der Waals surface area (Å²) in [4.78, 5) is 17.1. The Morgan fingerprint density at radius 2 is 1.75 bits per heavy atom. The summed E-state index contributed by atoms with van der Waals surface area (Å²) in [6, 6.07) is 13.2. The summed E-state index contributed by atoms with van der Waals surface area (Å²) in [7, 11) is 2.11. The Bertz CT molecular complexity index is 728. The molecule has 1 N–H and O–H groups in total. The molecule has 0 radical (unpaired) electrons. The van der Waals surface area contributed by atoms with Crippen molar-refractivity contribution in [3.8, 4) is 0 Å². The lowest BCUT2D eigenvalue weighted by atomic mass is 10.1. The average molecular weight is 456 g/mol. The smallest absolute Gasteiger partial charge is 0.255 e. The number of rotatable bonds is 3. The zero-order valence-corrected chi connectivity index (χ0v) is 16.3. The van der Waals surface area contributed by atoms with Crippen LogP contribution in [-0.4, -0.2) is 44.0 Å². The van der Waals surface area contributed by atoms with E-state index in [9.17, 15) is 4.79 Å². The molecule has 126 valence electrons. The molecule has 0 aliphatic carbocycles. The molecule has 4 nitrogen and oxygen atoms in total. The van der Waals surface area contributed by atoms with Crippen molar-refractivity contribution in [3.05, 3.63) is 56.6 Å². The van der Waals surface area contributed by atoms with E-state index in [0.29, 0.717) is 10.6 Å². The molecule has 0 atom stereocenters. The highest BCUT2D eigenvalue weighted by Gasteiger charge is 2.20. The number of anilines is 2. The molecule has 2 aromatic carbocycles. The minimum absolute atomic E-state index is 0.121. The average Bonchev–Trinajstić information content (AvgIpc) is 2.57. The van der Waals surface area contributed by atoms with Crippen molar-refractivity contribution in [2.24, 2.45) is 0 Å². The van der Waals surface area contributed by atoms with Gasteiger partial charge in [0.2, 0.25) is 0 Å². The van der Waals surface area contributed by atoms with Crippen molar-refractivity contribution in [3.63, 3.8) is 0 Å². The summed E-state index contributed by atoms with van der Waals surface area (Å²) < 4.78 is 1.10. The number of hydrogen-bond acceptors (Lipinski definition) is 3. The molecule has 1 saturated heterocycles. The van der Waals surface area contributed by atoms with Gasteiger partial charge in [-0.3, -0.25) is 4.79 Å². The monoisotopic (exact) mass is 455 g/mol. The van der Waals surface area contributed by atoms with Gasteiger partial charge in [0.1, 0.15) is 0 Å². The lowest BCUT2D eigenvalue weighted by molar-refractivity contribution is 0.102. The number of benzene rings is 2. The van der Waals surface area contributed by atoms with Crippen LogP contribution >= 0.6 is 34.2 Å². The molecular formula is C18H19ClIN3O. The summed E-state index contributed by atoms with van der Waals surface area (Å²) in [5.41, 5.74) is 2.31. The quantitative estimate of drug-likeness (QED) is 0.712. The Morgan fingerprint density at radius 3 is 2.42 bits per heavy atom. The van der Waals surface area contributed by atoms with Gasteiger partial charge in [0, 0.05) is 35.3 Å². The first-order valence-electron chi connectivity index (χ1n) is 7.83. The van der Waals surface area contributed by atoms with E-state index in [1.807, 2.05) is 42.5 Å². The van der Waals surface area contributed by atoms with E-state index in [4.69, 9.17) is 11.6 Å². The van der Waals surface area contributed by atoms with Gasteiger partial charge in [0.15, 0.2) is 0 Å². The van der Waals surface area contributed by atoms with Crippen LogP contribution in [0.2, 0.25) is 5.02 Å². The molecule has 2 aromatic rings. The zero-order valence-electron chi connectivity index (χ0n) is 13.4. The number of halogens is 2. The topological polar surface area (TPSA) is 35.6 Å². The fourth-order valence-corrected chi connectivity index (χ4v) is 3.42. The van der Waals surface area contributed by atoms with Crippen LogP contribution in [0.4, 0.5) is 11.4 Å². The van der Waals surface area contributed by atoms with Crippen molar-refractivity contribution < 1.29 is 4.79 Å². The second kappa shape index (κ2) is 7.72. The first-order valence-corrected chi connectivity index (χ1v) is 9.29. The number of piperazine rings is 1. The summed E-state index contributed by atoms with van der Waals surface area (Å²) in [5.74, 6) is -0.121. The van der Waals surface area contributed by atoms with E-state index in [-0.39, 0.29) is 5.91 Å². The van der Waals surface area contributed by atoms with Gasteiger partial charge in [-0.1, -0.05) is 17.7 Å². The van der Waals surface area contributed by atoms with Gasteiger partial charge in [-0.15, -0.1) is 0 Å². The van der Waals surface area contributed by atoms with Crippen LogP contribution in [0, 0.1) is 3.57 Å². The van der Waals surface area contributed by atoms with Gasteiger partial charge in [-0.25, -0.2) is 0 Å². The summed E-state index contributed by atoms with van der Waals surface area (Å²) in [5, 5.41) is 3.68. The number of hydrogen-bond donors (Lipinski definition) is 1. The number of nitrogens with zero attached hydrogens (tertiary/aromatic N) is 2. The number of nitrogens with one attached hydrogen (secondary N) is 1. The molecule has 0 aromatic heterocycles. The molecule has 0 unspecified atom stereocenters. The van der Waals surface area contributed by atoms with E-state index in [1.165, 1.54) is 0 Å². The standard InChI is InChI=1S/C18H19ClIN3O/c1-22-9-11-23(12-10-22)17-15(19)3-2-4-16(17)21-18(24)13-5-7-14(20)8-6-13/h2-8H,9-12H2,1H3,(H,21,24). The predicted molar refractivity (Wildman–Crippen MR) is 108 cm³/mol. The van der Waals surface area contributed by atoms with Crippen LogP contribution in [0.3, 0.4) is 0 Å². The van der Waals surface area contributed by atoms with Crippen LogP contribution in [0.25, 0.3) is 0 Å². The lowest BCUT2D eigenvalue weighted by Crippen LogP contribution is -2.44. The molecule has 24 heavy (non-hydrogen) atoms. The number of likely N-dealkylation sites (N-methyl/N-ethyl adjacent to an activating group) is 1. The Morgan fingerprint density at radius 1 is 1.08 bits per heavy atom. The number of carbonyl (C=O) groups excluding carboxylic acids is 1. The summed E-state index contributed by atoms with van der Waals surface area (Å²) in [6.07, 6.45) is 0. The van der Waals surface area contributed by atoms with Crippen LogP contribution in [0.1, 0.15) is 10.4 Å². The van der Waals surface area contributed by atoms with Gasteiger partial charge in [0.05, 0.1) is 16.4 Å². The Hall–Kier alpha value is -1.31. The SMILES string of the molecule is CN1CCN(c2c(Cl)cccc2NC(=O)c2ccc(I)cc2)CC1. The van der Waals surface area contributed by atoms with Crippen molar-refractivity contribution in [2.45, 2.75) is 0 Å². The van der Waals surface area contributed by atoms with Crippen LogP contribution in [0.15, 0.2) is 42.5 Å². The summed E-state index contributed by atoms with van der Waals surface area (Å²) >= 11 is 8.67. The maximum absolute atomic E-state index is 12.5. The normalized spacial score (nSPS) is 15.4. The van der Waals surface area contributed by atoms with Crippen LogP contribution in [0.5, 0.6) is 0 Å². The maximum atomic E-state index is 12.5. The van der Waals surface area contributed by atoms with Gasteiger partial charge >= 0.3 is 0 Å². The first-order chi connectivity index (χ1) is 11.5. The van der Waals surface area contributed by atoms with Crippen LogP contribution < -0.4 is 10.2 Å². The highest BCUT2D eigenvalue weighted by atomic mass is 127. The highest BCUT2D eigenvalue weighted by Crippen LogP contribution is 2.34. The molecule has 1 heterocycles. The van der Waals surface area contributed by atoms with Gasteiger partial charge in [0.25, 0.3) is 5.91 Å². The van der Waals surface area contributed by atoms with E-state index in [1.54, 1.807) is 0 Å². The third kappa shape index (κ3) is 4.02.